The highest BCUT2D eigenvalue weighted by atomic mass is 19.3. The van der Waals surface area contributed by atoms with Gasteiger partial charge in [0.05, 0.1) is 29.1 Å². The lowest BCUT2D eigenvalue weighted by molar-refractivity contribution is 0.0430. The van der Waals surface area contributed by atoms with Gasteiger partial charge < -0.3 is 9.80 Å². The summed E-state index contributed by atoms with van der Waals surface area (Å²) in [6.45, 7) is 7.94. The average Bonchev–Trinajstić information content (AvgIpc) is 3.68. The molecule has 4 nitrogen and oxygen atoms in total. The molecule has 2 aromatic heterocycles. The van der Waals surface area contributed by atoms with Crippen molar-refractivity contribution in [3.63, 3.8) is 0 Å². The Morgan fingerprint density at radius 3 is 2.16 bits per heavy atom. The van der Waals surface area contributed by atoms with Gasteiger partial charge in [-0.25, -0.2) is 4.98 Å². The minimum atomic E-state index is -3.43. The third-order valence-corrected chi connectivity index (χ3v) is 9.98. The number of aryl methyl sites for hydroxylation is 2. The minimum Gasteiger partial charge on any atom is -0.355 e. The second-order valence-corrected chi connectivity index (χ2v) is 14.3. The molecule has 1 aliphatic heterocycles. The van der Waals surface area contributed by atoms with Crippen molar-refractivity contribution in [2.75, 3.05) is 23.4 Å². The zero-order valence-corrected chi connectivity index (χ0v) is 28.8. The molecule has 50 heavy (non-hydrogen) atoms. The number of anilines is 3. The summed E-state index contributed by atoms with van der Waals surface area (Å²) in [5, 5.41) is 1.80. The van der Waals surface area contributed by atoms with Crippen molar-refractivity contribution in [1.29, 1.82) is 0 Å². The van der Waals surface area contributed by atoms with Crippen LogP contribution >= 0.6 is 0 Å². The Kier molecular flexibility index (Phi) is 6.55. The number of rotatable bonds is 5. The van der Waals surface area contributed by atoms with E-state index < -0.39 is 12.9 Å². The molecule has 6 heteroatoms. The van der Waals surface area contributed by atoms with E-state index in [1.165, 1.54) is 17.0 Å². The lowest BCUT2D eigenvalue weighted by Gasteiger charge is -2.25. The molecule has 8 rings (SSSR count). The first-order valence-corrected chi connectivity index (χ1v) is 16.9. The highest BCUT2D eigenvalue weighted by molar-refractivity contribution is 6.09. The molecule has 5 aromatic carbocycles. The van der Waals surface area contributed by atoms with E-state index in [2.05, 4.69) is 20.8 Å². The van der Waals surface area contributed by atoms with Crippen molar-refractivity contribution in [3.05, 3.63) is 149 Å². The molecule has 3 heterocycles. The molecule has 0 fully saturated rings. The van der Waals surface area contributed by atoms with Crippen molar-refractivity contribution in [2.45, 2.75) is 46.0 Å². The molecule has 0 bridgehead atoms. The summed E-state index contributed by atoms with van der Waals surface area (Å²) in [5.74, 6) is -2.77. The number of benzene rings is 5. The van der Waals surface area contributed by atoms with Crippen LogP contribution in [-0.2, 0) is 11.3 Å². The molecule has 0 aliphatic carbocycles. The van der Waals surface area contributed by atoms with E-state index in [4.69, 9.17) is 9.10 Å². The van der Waals surface area contributed by atoms with Crippen LogP contribution in [0.25, 0.3) is 38.8 Å². The normalized spacial score (nSPS) is 14.6. The van der Waals surface area contributed by atoms with Crippen molar-refractivity contribution in [2.24, 2.45) is 0 Å². The zero-order valence-electron chi connectivity index (χ0n) is 31.8. The van der Waals surface area contributed by atoms with Crippen LogP contribution in [0.4, 0.5) is 25.8 Å². The number of nitrogens with zero attached hydrogens (tertiary/aromatic N) is 4. The number of aromatic nitrogens is 2. The van der Waals surface area contributed by atoms with Gasteiger partial charge >= 0.3 is 0 Å². The monoisotopic (exact) mass is 665 g/mol. The van der Waals surface area contributed by atoms with Crippen molar-refractivity contribution in [3.8, 4) is 16.9 Å². The smallest absolute Gasteiger partial charge is 0.298 e. The van der Waals surface area contributed by atoms with E-state index in [1.54, 1.807) is 36.5 Å². The van der Waals surface area contributed by atoms with Gasteiger partial charge in [-0.1, -0.05) is 81.4 Å². The number of alkyl halides is 2. The fraction of sp³-hybridized carbons (Fsp3) is 0.205. The maximum atomic E-state index is 17.4. The zero-order chi connectivity index (χ0) is 37.4. The summed E-state index contributed by atoms with van der Waals surface area (Å²) in [6.07, 6.45) is 1.78. The van der Waals surface area contributed by atoms with Crippen molar-refractivity contribution >= 4 is 38.9 Å². The summed E-state index contributed by atoms with van der Waals surface area (Å²) >= 11 is 0. The van der Waals surface area contributed by atoms with E-state index in [0.717, 1.165) is 38.5 Å². The van der Waals surface area contributed by atoms with Crippen LogP contribution in [-0.4, -0.2) is 23.2 Å². The highest BCUT2D eigenvalue weighted by Crippen LogP contribution is 2.46. The Morgan fingerprint density at radius 2 is 1.40 bits per heavy atom. The molecule has 7 aromatic rings. The van der Waals surface area contributed by atoms with Crippen LogP contribution in [0.1, 0.15) is 52.7 Å². The molecular weight excluding hydrogens is 623 g/mol. The number of hydrogen-bond donors (Lipinski definition) is 0. The number of halogens is 2. The molecule has 0 unspecified atom stereocenters. The summed E-state index contributed by atoms with van der Waals surface area (Å²) in [4.78, 5) is 7.88. The van der Waals surface area contributed by atoms with Crippen LogP contribution in [0.5, 0.6) is 0 Å². The molecule has 0 atom stereocenters. The molecule has 0 saturated heterocycles. The standard InChI is InChI=1S/C44H40F2N4/c1-28-12-11-13-29(2)42(28)30-22-33(24-34(23-30)49-27-48(6)38-16-9-10-17-39(38)49)44(45,46)32-18-19-36-35-14-7-8-15-37(35)50(40(36)25-32)41-26-31(20-21-47-41)43(3,4)5/h7-26H,27H2,1-6H3/i6D3. The fourth-order valence-corrected chi connectivity index (χ4v) is 7.38. The van der Waals surface area contributed by atoms with Gasteiger partial charge in [-0.05, 0) is 102 Å². The van der Waals surface area contributed by atoms with Crippen LogP contribution in [0, 0.1) is 13.8 Å². The van der Waals surface area contributed by atoms with E-state index in [-0.39, 0.29) is 23.2 Å². The second kappa shape index (κ2) is 11.5. The molecule has 0 saturated carbocycles. The Bertz CT molecular complexity index is 2530. The molecule has 1 aliphatic rings. The van der Waals surface area contributed by atoms with Crippen molar-refractivity contribution < 1.29 is 12.9 Å². The Morgan fingerprint density at radius 1 is 0.680 bits per heavy atom. The second-order valence-electron chi connectivity index (χ2n) is 14.3. The van der Waals surface area contributed by atoms with Crippen molar-refractivity contribution in [1.82, 2.24) is 9.55 Å². The van der Waals surface area contributed by atoms with E-state index in [9.17, 15) is 0 Å². The summed E-state index contributed by atoms with van der Waals surface area (Å²) in [7, 11) is 0. The van der Waals surface area contributed by atoms with Gasteiger partial charge in [-0.3, -0.25) is 4.57 Å². The lowest BCUT2D eigenvalue weighted by Crippen LogP contribution is -2.24. The fourth-order valence-electron chi connectivity index (χ4n) is 7.38. The number of hydrogen-bond acceptors (Lipinski definition) is 3. The third kappa shape index (κ3) is 5.13. The van der Waals surface area contributed by atoms with Gasteiger partial charge in [0.1, 0.15) is 5.82 Å². The summed E-state index contributed by atoms with van der Waals surface area (Å²) in [6, 6.07) is 34.9. The molecular formula is C44H40F2N4. The predicted octanol–water partition coefficient (Wildman–Crippen LogP) is 11.4. The topological polar surface area (TPSA) is 24.3 Å². The SMILES string of the molecule is [2H]C([2H])([2H])N1CN(c2cc(-c3c(C)cccc3C)cc(C(F)(F)c3ccc4c5ccccc5n(-c5cc(C(C)(C)C)ccn5)c4c3)c2)c2ccccc21. The number of pyridine rings is 1. The largest absolute Gasteiger partial charge is 0.355 e. The van der Waals surface area contributed by atoms with E-state index in [1.807, 2.05) is 96.1 Å². The van der Waals surface area contributed by atoms with Gasteiger partial charge in [0, 0.05) is 44.9 Å². The Labute approximate surface area is 296 Å². The maximum Gasteiger partial charge on any atom is 0.298 e. The maximum absolute atomic E-state index is 17.4. The molecule has 250 valence electrons. The lowest BCUT2D eigenvalue weighted by atomic mass is 9.88. The average molecular weight is 666 g/mol. The summed E-state index contributed by atoms with van der Waals surface area (Å²) < 4.78 is 61.5. The first kappa shape index (κ1) is 28.4. The number of fused-ring (bicyclic) bond motifs is 4. The molecule has 0 radical (unpaired) electrons. The van der Waals surface area contributed by atoms with E-state index >= 15 is 8.78 Å². The van der Waals surface area contributed by atoms with Gasteiger partial charge in [0.25, 0.3) is 5.92 Å². The minimum absolute atomic E-state index is 0.0102. The van der Waals surface area contributed by atoms with Crippen LogP contribution in [0.3, 0.4) is 0 Å². The molecule has 0 spiro atoms. The predicted molar refractivity (Wildman–Crippen MR) is 203 cm³/mol. The first-order chi connectivity index (χ1) is 25.1. The third-order valence-electron chi connectivity index (χ3n) is 9.98. The number of para-hydroxylation sites is 3. The molecule has 0 N–H and O–H groups in total. The molecule has 0 amide bonds. The highest BCUT2D eigenvalue weighted by Gasteiger charge is 2.37. The van der Waals surface area contributed by atoms with Crippen LogP contribution in [0.15, 0.2) is 121 Å². The van der Waals surface area contributed by atoms with Gasteiger partial charge in [-0.15, -0.1) is 0 Å². The van der Waals surface area contributed by atoms with Gasteiger partial charge in [0.15, 0.2) is 0 Å². The Balaban J connectivity index is 1.34. The van der Waals surface area contributed by atoms with Gasteiger partial charge in [0.2, 0.25) is 0 Å². The Hall–Kier alpha value is -5.49. The van der Waals surface area contributed by atoms with Gasteiger partial charge in [-0.2, -0.15) is 8.78 Å². The van der Waals surface area contributed by atoms with E-state index in [0.29, 0.717) is 34.0 Å². The quantitative estimate of drug-likeness (QED) is 0.183. The first-order valence-electron chi connectivity index (χ1n) is 18.4. The van der Waals surface area contributed by atoms with Crippen LogP contribution in [0.2, 0.25) is 0 Å². The van der Waals surface area contributed by atoms with Crippen LogP contribution < -0.4 is 9.80 Å². The summed E-state index contributed by atoms with van der Waals surface area (Å²) in [5.41, 5.74) is 7.20.